The Morgan fingerprint density at radius 2 is 1.68 bits per heavy atom. The Morgan fingerprint density at radius 1 is 1.09 bits per heavy atom. The van der Waals surface area contributed by atoms with Gasteiger partial charge in [0.2, 0.25) is 10.0 Å². The lowest BCUT2D eigenvalue weighted by molar-refractivity contribution is 0.102. The van der Waals surface area contributed by atoms with Crippen LogP contribution in [-0.4, -0.2) is 20.6 Å². The normalized spacial score (nSPS) is 11.0. The van der Waals surface area contributed by atoms with Crippen LogP contribution in [0.3, 0.4) is 0 Å². The molecule has 5 nitrogen and oxygen atoms in total. The maximum atomic E-state index is 12.1. The molecule has 2 rings (SSSR count). The summed E-state index contributed by atoms with van der Waals surface area (Å²) in [4.78, 5) is 12.1. The summed E-state index contributed by atoms with van der Waals surface area (Å²) in [5.41, 5.74) is 1.49. The van der Waals surface area contributed by atoms with Gasteiger partial charge in [0.25, 0.3) is 5.91 Å². The second kappa shape index (κ2) is 6.84. The zero-order chi connectivity index (χ0) is 16.3. The molecule has 2 aromatic carbocycles. The third-order valence-corrected chi connectivity index (χ3v) is 4.78. The predicted octanol–water partition coefficient (Wildman–Crippen LogP) is 3.57. The molecule has 0 unspecified atom stereocenters. The summed E-state index contributed by atoms with van der Waals surface area (Å²) in [7, 11) is -3.32. The van der Waals surface area contributed by atoms with Gasteiger partial charge in [0.15, 0.2) is 0 Å². The van der Waals surface area contributed by atoms with Crippen molar-refractivity contribution < 1.29 is 13.2 Å². The molecular formula is C14H12ClIN2O3S. The lowest BCUT2D eigenvalue weighted by Gasteiger charge is -2.08. The van der Waals surface area contributed by atoms with Crippen LogP contribution < -0.4 is 10.0 Å². The van der Waals surface area contributed by atoms with Crippen LogP contribution in [0, 0.1) is 3.57 Å². The topological polar surface area (TPSA) is 75.3 Å². The zero-order valence-electron chi connectivity index (χ0n) is 11.4. The van der Waals surface area contributed by atoms with Gasteiger partial charge >= 0.3 is 0 Å². The number of sulfonamides is 1. The molecule has 0 aliphatic carbocycles. The van der Waals surface area contributed by atoms with Gasteiger partial charge in [-0.3, -0.25) is 9.52 Å². The predicted molar refractivity (Wildman–Crippen MR) is 97.0 cm³/mol. The molecule has 8 heteroatoms. The standard InChI is InChI=1S/C14H12ClIN2O3S/c1-22(20,21)18-11-5-3-10(4-6-11)17-14(19)9-2-7-12(15)13(16)8-9/h2-8,18H,1H3,(H,17,19). The first-order valence-corrected chi connectivity index (χ1v) is 9.44. The van der Waals surface area contributed by atoms with E-state index in [9.17, 15) is 13.2 Å². The molecule has 2 N–H and O–H groups in total. The second-order valence-corrected chi connectivity index (χ2v) is 7.85. The molecule has 0 aromatic heterocycles. The Balaban J connectivity index is 2.10. The molecule has 0 bridgehead atoms. The number of halogens is 2. The van der Waals surface area contributed by atoms with Crippen molar-refractivity contribution in [3.8, 4) is 0 Å². The summed E-state index contributed by atoms with van der Waals surface area (Å²) in [5.74, 6) is -0.265. The van der Waals surface area contributed by atoms with E-state index in [-0.39, 0.29) is 5.91 Å². The van der Waals surface area contributed by atoms with E-state index in [0.717, 1.165) is 9.83 Å². The van der Waals surface area contributed by atoms with Gasteiger partial charge in [-0.2, -0.15) is 0 Å². The molecule has 0 spiro atoms. The lowest BCUT2D eigenvalue weighted by atomic mass is 10.2. The van der Waals surface area contributed by atoms with Crippen molar-refractivity contribution in [2.45, 2.75) is 0 Å². The maximum absolute atomic E-state index is 12.1. The van der Waals surface area contributed by atoms with Crippen LogP contribution in [-0.2, 0) is 10.0 Å². The third kappa shape index (κ3) is 4.85. The molecule has 0 radical (unpaired) electrons. The number of hydrogen-bond donors (Lipinski definition) is 2. The van der Waals surface area contributed by atoms with Gasteiger partial charge in [0.1, 0.15) is 0 Å². The van der Waals surface area contributed by atoms with Gasteiger partial charge in [-0.1, -0.05) is 11.6 Å². The Bertz CT molecular complexity index is 807. The number of anilines is 2. The molecule has 0 aliphatic rings. The first-order valence-electron chi connectivity index (χ1n) is 6.09. The highest BCUT2D eigenvalue weighted by Crippen LogP contribution is 2.20. The maximum Gasteiger partial charge on any atom is 0.255 e. The molecule has 1 amide bonds. The third-order valence-electron chi connectivity index (χ3n) is 2.63. The van der Waals surface area contributed by atoms with E-state index in [1.54, 1.807) is 42.5 Å². The highest BCUT2D eigenvalue weighted by molar-refractivity contribution is 14.1. The summed E-state index contributed by atoms with van der Waals surface area (Å²) < 4.78 is 25.4. The Morgan fingerprint density at radius 3 is 2.23 bits per heavy atom. The highest BCUT2D eigenvalue weighted by atomic mass is 127. The number of carbonyl (C=O) groups excluding carboxylic acids is 1. The number of nitrogens with one attached hydrogen (secondary N) is 2. The fourth-order valence-corrected chi connectivity index (χ4v) is 2.87. The molecule has 0 heterocycles. The SMILES string of the molecule is CS(=O)(=O)Nc1ccc(NC(=O)c2ccc(Cl)c(I)c2)cc1. The first-order chi connectivity index (χ1) is 10.2. The monoisotopic (exact) mass is 450 g/mol. The fraction of sp³-hybridized carbons (Fsp3) is 0.0714. The molecule has 0 saturated carbocycles. The number of carbonyl (C=O) groups is 1. The van der Waals surface area contributed by atoms with Crippen LogP contribution in [0.2, 0.25) is 5.02 Å². The largest absolute Gasteiger partial charge is 0.322 e. The van der Waals surface area contributed by atoms with Crippen LogP contribution in [0.5, 0.6) is 0 Å². The van der Waals surface area contributed by atoms with Gasteiger partial charge in [-0.15, -0.1) is 0 Å². The van der Waals surface area contributed by atoms with Gasteiger partial charge in [0, 0.05) is 20.5 Å². The second-order valence-electron chi connectivity index (χ2n) is 4.53. The molecule has 22 heavy (non-hydrogen) atoms. The van der Waals surface area contributed by atoms with E-state index in [1.165, 1.54) is 0 Å². The van der Waals surface area contributed by atoms with E-state index in [1.807, 2.05) is 0 Å². The van der Waals surface area contributed by atoms with Crippen molar-refractivity contribution in [2.24, 2.45) is 0 Å². The average molecular weight is 451 g/mol. The van der Waals surface area contributed by atoms with Crippen molar-refractivity contribution in [3.63, 3.8) is 0 Å². The van der Waals surface area contributed by atoms with Crippen LogP contribution in [0.25, 0.3) is 0 Å². The number of hydrogen-bond acceptors (Lipinski definition) is 3. The van der Waals surface area contributed by atoms with Crippen LogP contribution in [0.1, 0.15) is 10.4 Å². The van der Waals surface area contributed by atoms with E-state index < -0.39 is 10.0 Å². The van der Waals surface area contributed by atoms with Gasteiger partial charge < -0.3 is 5.32 Å². The zero-order valence-corrected chi connectivity index (χ0v) is 15.2. The fourth-order valence-electron chi connectivity index (χ4n) is 1.68. The molecule has 2 aromatic rings. The molecule has 0 fully saturated rings. The van der Waals surface area contributed by atoms with Gasteiger partial charge in [-0.05, 0) is 65.1 Å². The summed E-state index contributed by atoms with van der Waals surface area (Å²) in [6, 6.07) is 11.4. The molecule has 0 aliphatic heterocycles. The van der Waals surface area contributed by atoms with Crippen LogP contribution in [0.15, 0.2) is 42.5 Å². The van der Waals surface area contributed by atoms with Crippen molar-refractivity contribution in [2.75, 3.05) is 16.3 Å². The lowest BCUT2D eigenvalue weighted by Crippen LogP contribution is -2.12. The van der Waals surface area contributed by atoms with Crippen molar-refractivity contribution in [3.05, 3.63) is 56.6 Å². The smallest absolute Gasteiger partial charge is 0.255 e. The number of rotatable bonds is 4. The van der Waals surface area contributed by atoms with E-state index in [2.05, 4.69) is 32.6 Å². The Hall–Kier alpha value is -1.32. The van der Waals surface area contributed by atoms with Crippen molar-refractivity contribution in [1.82, 2.24) is 0 Å². The van der Waals surface area contributed by atoms with Crippen LogP contribution in [0.4, 0.5) is 11.4 Å². The Kier molecular flexibility index (Phi) is 5.30. The van der Waals surface area contributed by atoms with Gasteiger partial charge in [-0.25, -0.2) is 8.42 Å². The highest BCUT2D eigenvalue weighted by Gasteiger charge is 2.08. The summed E-state index contributed by atoms with van der Waals surface area (Å²) >= 11 is 7.97. The van der Waals surface area contributed by atoms with Crippen molar-refractivity contribution in [1.29, 1.82) is 0 Å². The number of benzene rings is 2. The molecule has 0 atom stereocenters. The molecular weight excluding hydrogens is 439 g/mol. The van der Waals surface area contributed by atoms with E-state index in [4.69, 9.17) is 11.6 Å². The van der Waals surface area contributed by atoms with Crippen LogP contribution >= 0.6 is 34.2 Å². The minimum Gasteiger partial charge on any atom is -0.322 e. The quantitative estimate of drug-likeness (QED) is 0.699. The van der Waals surface area contributed by atoms with Crippen molar-refractivity contribution >= 4 is 61.5 Å². The van der Waals surface area contributed by atoms with E-state index in [0.29, 0.717) is 22.0 Å². The minimum atomic E-state index is -3.32. The molecule has 116 valence electrons. The van der Waals surface area contributed by atoms with E-state index >= 15 is 0 Å². The summed E-state index contributed by atoms with van der Waals surface area (Å²) in [6.07, 6.45) is 1.07. The first kappa shape index (κ1) is 17.0. The number of amides is 1. The molecule has 0 saturated heterocycles. The van der Waals surface area contributed by atoms with Gasteiger partial charge in [0.05, 0.1) is 11.3 Å². The minimum absolute atomic E-state index is 0.265. The average Bonchev–Trinajstić information content (AvgIpc) is 2.42. The Labute approximate surface area is 147 Å². The summed E-state index contributed by atoms with van der Waals surface area (Å²) in [6.45, 7) is 0. The summed E-state index contributed by atoms with van der Waals surface area (Å²) in [5, 5.41) is 3.32.